The Kier molecular flexibility index (Phi) is 3.67. The number of aromatic nitrogens is 1. The lowest BCUT2D eigenvalue weighted by atomic mass is 10.1. The van der Waals surface area contributed by atoms with E-state index in [9.17, 15) is 0 Å². The highest BCUT2D eigenvalue weighted by Crippen LogP contribution is 2.27. The summed E-state index contributed by atoms with van der Waals surface area (Å²) in [6, 6.07) is 5.10. The van der Waals surface area contributed by atoms with E-state index in [1.165, 1.54) is 12.0 Å². The van der Waals surface area contributed by atoms with Gasteiger partial charge in [-0.1, -0.05) is 13.0 Å². The normalized spacial score (nSPS) is 26.2. The molecule has 0 radical (unpaired) electrons. The minimum absolute atomic E-state index is 0.202. The molecule has 3 unspecified atom stereocenters. The van der Waals surface area contributed by atoms with Crippen LogP contribution in [0.25, 0.3) is 0 Å². The van der Waals surface area contributed by atoms with E-state index in [2.05, 4.69) is 35.9 Å². The molecular formula is C14H23N3. The molecule has 3 nitrogen and oxygen atoms in total. The number of nitrogens with zero attached hydrogens (tertiary/aromatic N) is 2. The molecule has 94 valence electrons. The van der Waals surface area contributed by atoms with Gasteiger partial charge in [-0.2, -0.15) is 0 Å². The molecule has 2 N–H and O–H groups in total. The monoisotopic (exact) mass is 233 g/mol. The molecule has 1 aliphatic heterocycles. The quantitative estimate of drug-likeness (QED) is 0.870. The van der Waals surface area contributed by atoms with Crippen LogP contribution in [0.1, 0.15) is 32.8 Å². The lowest BCUT2D eigenvalue weighted by molar-refractivity contribution is 0.625. The van der Waals surface area contributed by atoms with Crippen molar-refractivity contribution >= 4 is 5.82 Å². The van der Waals surface area contributed by atoms with E-state index in [1.54, 1.807) is 0 Å². The first-order valence-corrected chi connectivity index (χ1v) is 6.53. The van der Waals surface area contributed by atoms with E-state index in [0.717, 1.165) is 24.7 Å². The molecule has 0 aliphatic carbocycles. The van der Waals surface area contributed by atoms with Crippen molar-refractivity contribution in [3.63, 3.8) is 0 Å². The Hall–Kier alpha value is -1.09. The Labute approximate surface area is 104 Å². The van der Waals surface area contributed by atoms with Crippen molar-refractivity contribution < 1.29 is 0 Å². The molecule has 0 amide bonds. The Morgan fingerprint density at radius 3 is 2.71 bits per heavy atom. The highest BCUT2D eigenvalue weighted by atomic mass is 15.2. The number of anilines is 1. The standard InChI is InChI=1S/C14H23N3/c1-10-6-12(3)17(9-10)14-5-4-13(8-16-14)7-11(2)15/h4-5,8,10-12H,6-7,9,15H2,1-3H3. The molecule has 0 aromatic carbocycles. The van der Waals surface area contributed by atoms with Crippen molar-refractivity contribution in [1.29, 1.82) is 0 Å². The molecular weight excluding hydrogens is 210 g/mol. The van der Waals surface area contributed by atoms with Crippen LogP contribution in [0.15, 0.2) is 18.3 Å². The smallest absolute Gasteiger partial charge is 0.128 e. The maximum atomic E-state index is 5.79. The number of hydrogen-bond acceptors (Lipinski definition) is 3. The fourth-order valence-electron chi connectivity index (χ4n) is 2.70. The highest BCUT2D eigenvalue weighted by Gasteiger charge is 2.26. The molecule has 0 spiro atoms. The summed E-state index contributed by atoms with van der Waals surface area (Å²) >= 11 is 0. The van der Waals surface area contributed by atoms with Crippen LogP contribution in [0.5, 0.6) is 0 Å². The van der Waals surface area contributed by atoms with Gasteiger partial charge in [-0.3, -0.25) is 0 Å². The van der Waals surface area contributed by atoms with Crippen LogP contribution in [0.2, 0.25) is 0 Å². The summed E-state index contributed by atoms with van der Waals surface area (Å²) in [6.07, 6.45) is 4.14. The van der Waals surface area contributed by atoms with Crippen LogP contribution in [0.3, 0.4) is 0 Å². The molecule has 1 saturated heterocycles. The van der Waals surface area contributed by atoms with E-state index >= 15 is 0 Å². The number of hydrogen-bond donors (Lipinski definition) is 1. The first-order chi connectivity index (χ1) is 8.06. The zero-order chi connectivity index (χ0) is 12.4. The molecule has 0 bridgehead atoms. The first-order valence-electron chi connectivity index (χ1n) is 6.53. The van der Waals surface area contributed by atoms with Crippen LogP contribution >= 0.6 is 0 Å². The van der Waals surface area contributed by atoms with E-state index < -0.39 is 0 Å². The van der Waals surface area contributed by atoms with Crippen LogP contribution in [0.4, 0.5) is 5.82 Å². The fourth-order valence-corrected chi connectivity index (χ4v) is 2.70. The third-order valence-electron chi connectivity index (χ3n) is 3.44. The van der Waals surface area contributed by atoms with Crippen molar-refractivity contribution in [3.05, 3.63) is 23.9 Å². The van der Waals surface area contributed by atoms with Gasteiger partial charge in [0.2, 0.25) is 0 Å². The minimum Gasteiger partial charge on any atom is -0.354 e. The third kappa shape index (κ3) is 2.97. The zero-order valence-electron chi connectivity index (χ0n) is 11.1. The largest absolute Gasteiger partial charge is 0.354 e. The average molecular weight is 233 g/mol. The van der Waals surface area contributed by atoms with Gasteiger partial charge in [0.25, 0.3) is 0 Å². The molecule has 1 fully saturated rings. The van der Waals surface area contributed by atoms with E-state index in [0.29, 0.717) is 6.04 Å². The van der Waals surface area contributed by atoms with Crippen molar-refractivity contribution in [2.45, 2.75) is 45.7 Å². The summed E-state index contributed by atoms with van der Waals surface area (Å²) in [5, 5.41) is 0. The lowest BCUT2D eigenvalue weighted by Gasteiger charge is -2.22. The highest BCUT2D eigenvalue weighted by molar-refractivity contribution is 5.42. The SMILES string of the molecule is CC(N)Cc1ccc(N2CC(C)CC2C)nc1. The molecule has 3 atom stereocenters. The van der Waals surface area contributed by atoms with Crippen LogP contribution < -0.4 is 10.6 Å². The molecule has 1 aromatic heterocycles. The molecule has 0 saturated carbocycles. The topological polar surface area (TPSA) is 42.1 Å². The number of rotatable bonds is 3. The van der Waals surface area contributed by atoms with Crippen molar-refractivity contribution in [3.8, 4) is 0 Å². The summed E-state index contributed by atoms with van der Waals surface area (Å²) in [5.74, 6) is 1.88. The summed E-state index contributed by atoms with van der Waals surface area (Å²) < 4.78 is 0. The van der Waals surface area contributed by atoms with Gasteiger partial charge in [0.05, 0.1) is 0 Å². The predicted octanol–water partition coefficient (Wildman–Crippen LogP) is 2.21. The first kappa shape index (κ1) is 12.4. The maximum absolute atomic E-state index is 5.79. The van der Waals surface area contributed by atoms with Gasteiger partial charge in [-0.05, 0) is 44.2 Å². The van der Waals surface area contributed by atoms with Gasteiger partial charge < -0.3 is 10.6 Å². The Morgan fingerprint density at radius 1 is 1.47 bits per heavy atom. The van der Waals surface area contributed by atoms with Crippen LogP contribution in [-0.4, -0.2) is 23.6 Å². The van der Waals surface area contributed by atoms with Gasteiger partial charge in [0.15, 0.2) is 0 Å². The molecule has 17 heavy (non-hydrogen) atoms. The summed E-state index contributed by atoms with van der Waals surface area (Å²) in [6.45, 7) is 7.74. The fraction of sp³-hybridized carbons (Fsp3) is 0.643. The van der Waals surface area contributed by atoms with Crippen molar-refractivity contribution in [1.82, 2.24) is 4.98 Å². The van der Waals surface area contributed by atoms with E-state index in [-0.39, 0.29) is 6.04 Å². The van der Waals surface area contributed by atoms with E-state index in [4.69, 9.17) is 5.73 Å². The van der Waals surface area contributed by atoms with Gasteiger partial charge in [0.1, 0.15) is 5.82 Å². The summed E-state index contributed by atoms with van der Waals surface area (Å²) in [4.78, 5) is 6.97. The van der Waals surface area contributed by atoms with Gasteiger partial charge in [-0.15, -0.1) is 0 Å². The number of pyridine rings is 1. The Bertz CT molecular complexity index is 358. The second-order valence-corrected chi connectivity index (χ2v) is 5.55. The Balaban J connectivity index is 2.07. The summed E-state index contributed by atoms with van der Waals surface area (Å²) in [5.41, 5.74) is 7.01. The second kappa shape index (κ2) is 5.05. The molecule has 3 heteroatoms. The van der Waals surface area contributed by atoms with E-state index in [1.807, 2.05) is 13.1 Å². The van der Waals surface area contributed by atoms with Gasteiger partial charge in [-0.25, -0.2) is 4.98 Å². The number of nitrogens with two attached hydrogens (primary N) is 1. The minimum atomic E-state index is 0.202. The van der Waals surface area contributed by atoms with Gasteiger partial charge >= 0.3 is 0 Å². The average Bonchev–Trinajstić information content (AvgIpc) is 2.58. The molecule has 2 rings (SSSR count). The second-order valence-electron chi connectivity index (χ2n) is 5.55. The zero-order valence-corrected chi connectivity index (χ0v) is 11.1. The van der Waals surface area contributed by atoms with Crippen molar-refractivity contribution in [2.75, 3.05) is 11.4 Å². The molecule has 2 heterocycles. The predicted molar refractivity (Wildman–Crippen MR) is 72.2 cm³/mol. The van der Waals surface area contributed by atoms with Crippen LogP contribution in [-0.2, 0) is 6.42 Å². The Morgan fingerprint density at radius 2 is 2.24 bits per heavy atom. The lowest BCUT2D eigenvalue weighted by Crippen LogP contribution is -2.27. The van der Waals surface area contributed by atoms with Crippen LogP contribution in [0, 0.1) is 5.92 Å². The molecule has 1 aromatic rings. The molecule has 1 aliphatic rings. The van der Waals surface area contributed by atoms with Crippen molar-refractivity contribution in [2.24, 2.45) is 11.7 Å². The third-order valence-corrected chi connectivity index (χ3v) is 3.44. The summed E-state index contributed by atoms with van der Waals surface area (Å²) in [7, 11) is 0. The van der Waals surface area contributed by atoms with Gasteiger partial charge in [0, 0.05) is 24.8 Å². The maximum Gasteiger partial charge on any atom is 0.128 e.